The van der Waals surface area contributed by atoms with Gasteiger partial charge >= 0.3 is 6.09 Å². The molecule has 1 amide bonds. The third-order valence-corrected chi connectivity index (χ3v) is 6.56. The Morgan fingerprint density at radius 2 is 1.89 bits per heavy atom. The molecule has 0 atom stereocenters. The first-order valence-corrected chi connectivity index (χ1v) is 12.3. The zero-order valence-corrected chi connectivity index (χ0v) is 22.3. The summed E-state index contributed by atoms with van der Waals surface area (Å²) in [5.41, 5.74) is 0.312. The first-order valence-electron chi connectivity index (χ1n) is 11.5. The molecule has 1 fully saturated rings. The van der Waals surface area contributed by atoms with E-state index in [-0.39, 0.29) is 28.0 Å². The number of rotatable bonds is 6. The fourth-order valence-electron chi connectivity index (χ4n) is 3.80. The van der Waals surface area contributed by atoms with Crippen molar-refractivity contribution >= 4 is 29.9 Å². The topological polar surface area (TPSA) is 101 Å². The Balaban J connectivity index is 1.55. The van der Waals surface area contributed by atoms with Crippen molar-refractivity contribution in [3.63, 3.8) is 0 Å². The van der Waals surface area contributed by atoms with E-state index in [0.717, 1.165) is 0 Å². The molecule has 1 aliphatic carbocycles. The van der Waals surface area contributed by atoms with E-state index in [2.05, 4.69) is 5.32 Å². The van der Waals surface area contributed by atoms with Gasteiger partial charge in [0.15, 0.2) is 16.3 Å². The Bertz CT molecular complexity index is 1480. The molecule has 1 aromatic heterocycles. The van der Waals surface area contributed by atoms with Crippen LogP contribution in [0.3, 0.4) is 0 Å². The lowest BCUT2D eigenvalue weighted by molar-refractivity contribution is 0.0476. The van der Waals surface area contributed by atoms with Crippen LogP contribution in [-0.2, 0) is 4.74 Å². The summed E-state index contributed by atoms with van der Waals surface area (Å²) in [6.07, 6.45) is 0.862. The number of halogens is 2. The molecule has 0 unspecified atom stereocenters. The van der Waals surface area contributed by atoms with Crippen molar-refractivity contribution in [1.82, 2.24) is 14.5 Å². The minimum atomic E-state index is -0.625. The predicted molar refractivity (Wildman–Crippen MR) is 139 cm³/mol. The normalized spacial score (nSPS) is 14.1. The van der Waals surface area contributed by atoms with Gasteiger partial charge in [-0.1, -0.05) is 11.6 Å². The monoisotopic (exact) mass is 544 g/mol. The number of nitriles is 1. The summed E-state index contributed by atoms with van der Waals surface area (Å²) >= 11 is 11.7. The highest BCUT2D eigenvalue weighted by Gasteiger charge is 2.46. The smallest absolute Gasteiger partial charge is 0.408 e. The van der Waals surface area contributed by atoms with Crippen molar-refractivity contribution in [1.29, 1.82) is 5.26 Å². The predicted octanol–water partition coefficient (Wildman–Crippen LogP) is 6.11. The second kappa shape index (κ2) is 9.72. The Labute approximate surface area is 223 Å². The Morgan fingerprint density at radius 3 is 2.46 bits per heavy atom. The number of carbonyl (C=O) groups excluding carboxylic acids is 1. The number of nitrogens with one attached hydrogen (secondary N) is 1. The summed E-state index contributed by atoms with van der Waals surface area (Å²) in [5.74, 6) is -0.747. The number of hydrogen-bond donors (Lipinski definition) is 2. The van der Waals surface area contributed by atoms with E-state index in [1.807, 2.05) is 6.07 Å². The number of aromatic hydroxyl groups is 1. The number of benzene rings is 2. The zero-order chi connectivity index (χ0) is 27.1. The van der Waals surface area contributed by atoms with Crippen LogP contribution >= 0.6 is 23.8 Å². The van der Waals surface area contributed by atoms with E-state index in [1.54, 1.807) is 39.8 Å². The molecule has 1 saturated carbocycles. The maximum atomic E-state index is 15.0. The van der Waals surface area contributed by atoms with Crippen LogP contribution in [-0.4, -0.2) is 38.1 Å². The largest absolute Gasteiger partial charge is 0.493 e. The van der Waals surface area contributed by atoms with E-state index in [9.17, 15) is 9.90 Å². The molecular formula is C26H26ClFN4O4S. The maximum Gasteiger partial charge on any atom is 0.408 e. The molecule has 0 bridgehead atoms. The van der Waals surface area contributed by atoms with Gasteiger partial charge in [0.05, 0.1) is 33.2 Å². The number of carbonyl (C=O) groups is 1. The summed E-state index contributed by atoms with van der Waals surface area (Å²) in [6.45, 7) is 7.08. The maximum absolute atomic E-state index is 15.0. The molecule has 4 rings (SSSR count). The lowest BCUT2D eigenvalue weighted by Gasteiger charge is -2.23. The second-order valence-corrected chi connectivity index (χ2v) is 10.7. The van der Waals surface area contributed by atoms with Crippen molar-refractivity contribution < 1.29 is 23.8 Å². The molecule has 2 N–H and O–H groups in total. The van der Waals surface area contributed by atoms with Crippen molar-refractivity contribution in [2.45, 2.75) is 51.7 Å². The number of alkyl carbamates (subject to hydrolysis) is 1. The fraction of sp³-hybridized carbons (Fsp3) is 0.346. The van der Waals surface area contributed by atoms with Crippen LogP contribution < -0.4 is 10.1 Å². The lowest BCUT2D eigenvalue weighted by Crippen LogP contribution is -2.44. The minimum Gasteiger partial charge on any atom is -0.493 e. The molecule has 194 valence electrons. The summed E-state index contributed by atoms with van der Waals surface area (Å²) < 4.78 is 29.1. The summed E-state index contributed by atoms with van der Waals surface area (Å²) in [5, 5.41) is 22.9. The van der Waals surface area contributed by atoms with Crippen LogP contribution in [0.5, 0.6) is 11.6 Å². The van der Waals surface area contributed by atoms with Gasteiger partial charge in [-0.3, -0.25) is 9.13 Å². The molecule has 1 aliphatic rings. The number of imidazole rings is 1. The molecule has 8 nitrogen and oxygen atoms in total. The van der Waals surface area contributed by atoms with Gasteiger partial charge in [0.2, 0.25) is 5.88 Å². The fourth-order valence-corrected chi connectivity index (χ4v) is 4.46. The van der Waals surface area contributed by atoms with E-state index in [1.165, 1.54) is 33.4 Å². The Hall–Kier alpha value is -3.55. The first-order chi connectivity index (χ1) is 17.3. The van der Waals surface area contributed by atoms with Crippen molar-refractivity contribution in [2.75, 3.05) is 6.61 Å². The second-order valence-electron chi connectivity index (χ2n) is 9.95. The number of aromatic nitrogens is 2. The van der Waals surface area contributed by atoms with Crippen LogP contribution in [0.4, 0.5) is 9.18 Å². The molecule has 11 heteroatoms. The molecule has 1 heterocycles. The third kappa shape index (κ3) is 5.58. The SMILES string of the molecule is Cc1c(O)n(-c2ccc(C#N)c(Cl)c2)c(=S)n1-c1ccc(OCC2(NC(=O)OC(C)(C)C)CC2)c(F)c1. The number of nitrogens with zero attached hydrogens (tertiary/aromatic N) is 3. The van der Waals surface area contributed by atoms with E-state index < -0.39 is 23.1 Å². The average Bonchev–Trinajstić information content (AvgIpc) is 3.51. The van der Waals surface area contributed by atoms with Crippen LogP contribution in [0, 0.1) is 28.8 Å². The minimum absolute atomic E-state index is 0.0210. The summed E-state index contributed by atoms with van der Waals surface area (Å²) in [6, 6.07) is 11.0. The molecule has 0 saturated heterocycles. The summed E-state index contributed by atoms with van der Waals surface area (Å²) in [4.78, 5) is 12.1. The lowest BCUT2D eigenvalue weighted by atomic mass is 10.2. The summed E-state index contributed by atoms with van der Waals surface area (Å²) in [7, 11) is 0. The molecule has 0 aliphatic heterocycles. The molecule has 37 heavy (non-hydrogen) atoms. The zero-order valence-electron chi connectivity index (χ0n) is 20.8. The van der Waals surface area contributed by atoms with E-state index >= 15 is 4.39 Å². The van der Waals surface area contributed by atoms with Gasteiger partial charge < -0.3 is 19.9 Å². The first kappa shape index (κ1) is 26.5. The molecular weight excluding hydrogens is 519 g/mol. The Morgan fingerprint density at radius 1 is 1.24 bits per heavy atom. The average molecular weight is 545 g/mol. The number of ether oxygens (including phenoxy) is 2. The Kier molecular flexibility index (Phi) is 6.97. The van der Waals surface area contributed by atoms with Gasteiger partial charge in [-0.05, 0) is 83.1 Å². The van der Waals surface area contributed by atoms with E-state index in [4.69, 9.17) is 38.6 Å². The number of amides is 1. The van der Waals surface area contributed by atoms with Gasteiger partial charge in [0.25, 0.3) is 0 Å². The molecule has 2 aromatic carbocycles. The highest BCUT2D eigenvalue weighted by molar-refractivity contribution is 7.71. The van der Waals surface area contributed by atoms with Crippen LogP contribution in [0.15, 0.2) is 36.4 Å². The molecule has 3 aromatic rings. The highest BCUT2D eigenvalue weighted by atomic mass is 35.5. The van der Waals surface area contributed by atoms with Crippen LogP contribution in [0.2, 0.25) is 5.02 Å². The third-order valence-electron chi connectivity index (χ3n) is 5.88. The number of hydrogen-bond acceptors (Lipinski definition) is 6. The van der Waals surface area contributed by atoms with Crippen LogP contribution in [0.1, 0.15) is 44.9 Å². The van der Waals surface area contributed by atoms with Gasteiger partial charge in [0, 0.05) is 6.07 Å². The van der Waals surface area contributed by atoms with Crippen molar-refractivity contribution in [2.24, 2.45) is 0 Å². The molecule has 0 radical (unpaired) electrons. The quantitative estimate of drug-likeness (QED) is 0.363. The van der Waals surface area contributed by atoms with E-state index in [0.29, 0.717) is 35.5 Å². The van der Waals surface area contributed by atoms with Crippen molar-refractivity contribution in [3.05, 3.63) is 63.3 Å². The molecule has 0 spiro atoms. The standard InChI is InChI=1S/C26H26ClFN4O4S/c1-15-22(33)32(17-6-5-16(13-29)19(27)11-17)24(37)31(15)18-7-8-21(20(28)12-18)35-14-26(9-10-26)30-23(34)36-25(2,3)4/h5-8,11-12,33H,9-10,14H2,1-4H3,(H,30,34). The van der Waals surface area contributed by atoms with Gasteiger partial charge in [-0.25, -0.2) is 9.18 Å². The van der Waals surface area contributed by atoms with Gasteiger partial charge in [-0.15, -0.1) is 0 Å². The van der Waals surface area contributed by atoms with Gasteiger partial charge in [0.1, 0.15) is 18.3 Å². The van der Waals surface area contributed by atoms with Gasteiger partial charge in [-0.2, -0.15) is 5.26 Å². The van der Waals surface area contributed by atoms with Crippen LogP contribution in [0.25, 0.3) is 11.4 Å². The highest BCUT2D eigenvalue weighted by Crippen LogP contribution is 2.37. The van der Waals surface area contributed by atoms with Crippen molar-refractivity contribution in [3.8, 4) is 29.1 Å².